The summed E-state index contributed by atoms with van der Waals surface area (Å²) in [5.41, 5.74) is 0.158. The number of rotatable bonds is 5. The van der Waals surface area contributed by atoms with E-state index in [0.717, 1.165) is 15.6 Å². The van der Waals surface area contributed by atoms with Crippen LogP contribution in [-0.2, 0) is 6.42 Å². The van der Waals surface area contributed by atoms with Crippen LogP contribution >= 0.6 is 15.9 Å². The van der Waals surface area contributed by atoms with Crippen LogP contribution in [0, 0.1) is 10.1 Å². The van der Waals surface area contributed by atoms with E-state index in [4.69, 9.17) is 0 Å². The van der Waals surface area contributed by atoms with Gasteiger partial charge in [0.05, 0.1) is 22.0 Å². The van der Waals surface area contributed by atoms with E-state index in [-0.39, 0.29) is 22.6 Å². The lowest BCUT2D eigenvalue weighted by Crippen LogP contribution is -2.22. The Hall–Kier alpha value is -3.07. The third-order valence-corrected chi connectivity index (χ3v) is 4.38. The molecule has 3 aromatic rings. The Bertz CT molecular complexity index is 1120. The van der Waals surface area contributed by atoms with Gasteiger partial charge < -0.3 is 5.11 Å². The first-order valence-electron chi connectivity index (χ1n) is 8.13. The van der Waals surface area contributed by atoms with Gasteiger partial charge in [0.15, 0.2) is 0 Å². The van der Waals surface area contributed by atoms with Crippen LogP contribution in [0.25, 0.3) is 10.9 Å². The number of hydrogen-bond acceptors (Lipinski definition) is 6. The van der Waals surface area contributed by atoms with Gasteiger partial charge in [0.2, 0.25) is 0 Å². The van der Waals surface area contributed by atoms with Crippen LogP contribution in [0.15, 0.2) is 50.8 Å². The Balaban J connectivity index is 2.16. The van der Waals surface area contributed by atoms with Crippen molar-refractivity contribution in [3.05, 3.63) is 72.7 Å². The second kappa shape index (κ2) is 7.67. The third-order valence-electron chi connectivity index (χ3n) is 3.88. The maximum Gasteiger partial charge on any atom is 0.282 e. The van der Waals surface area contributed by atoms with Crippen LogP contribution in [-0.4, -0.2) is 25.9 Å². The molecule has 0 spiro atoms. The van der Waals surface area contributed by atoms with Crippen LogP contribution in [0.5, 0.6) is 5.75 Å². The van der Waals surface area contributed by atoms with E-state index in [0.29, 0.717) is 23.1 Å². The van der Waals surface area contributed by atoms with E-state index < -0.39 is 4.92 Å². The number of aromatic nitrogens is 2. The van der Waals surface area contributed by atoms with Crippen molar-refractivity contribution in [2.24, 2.45) is 5.10 Å². The highest BCUT2D eigenvalue weighted by Crippen LogP contribution is 2.21. The molecule has 0 saturated heterocycles. The maximum absolute atomic E-state index is 12.9. The van der Waals surface area contributed by atoms with Gasteiger partial charge in [-0.15, -0.1) is 0 Å². The number of phenols is 1. The molecule has 1 heterocycles. The first kappa shape index (κ1) is 18.7. The number of phenolic OH excluding ortho intramolecular Hbond substituents is 1. The summed E-state index contributed by atoms with van der Waals surface area (Å²) in [5.74, 6) is 0.296. The summed E-state index contributed by atoms with van der Waals surface area (Å²) >= 11 is 3.34. The predicted molar refractivity (Wildman–Crippen MR) is 105 cm³/mol. The molecule has 0 aliphatic carbocycles. The van der Waals surface area contributed by atoms with Gasteiger partial charge >= 0.3 is 0 Å². The zero-order valence-corrected chi connectivity index (χ0v) is 15.9. The van der Waals surface area contributed by atoms with E-state index in [1.54, 1.807) is 18.2 Å². The highest BCUT2D eigenvalue weighted by molar-refractivity contribution is 9.10. The average molecular weight is 431 g/mol. The normalized spacial score (nSPS) is 11.3. The lowest BCUT2D eigenvalue weighted by atomic mass is 10.2. The van der Waals surface area contributed by atoms with Gasteiger partial charge in [0.1, 0.15) is 11.6 Å². The van der Waals surface area contributed by atoms with Crippen molar-refractivity contribution < 1.29 is 10.0 Å². The molecule has 3 rings (SSSR count). The van der Waals surface area contributed by atoms with Gasteiger partial charge in [-0.2, -0.15) is 9.78 Å². The zero-order chi connectivity index (χ0) is 19.6. The molecule has 9 heteroatoms. The minimum atomic E-state index is -0.569. The average Bonchev–Trinajstić information content (AvgIpc) is 2.63. The van der Waals surface area contributed by atoms with Crippen molar-refractivity contribution in [2.45, 2.75) is 19.8 Å². The molecule has 2 aromatic carbocycles. The number of nitro groups is 1. The van der Waals surface area contributed by atoms with Crippen molar-refractivity contribution >= 4 is 38.7 Å². The van der Waals surface area contributed by atoms with E-state index >= 15 is 0 Å². The number of benzene rings is 2. The van der Waals surface area contributed by atoms with Gasteiger partial charge in [-0.3, -0.25) is 14.9 Å². The fraction of sp³-hybridized carbons (Fsp3) is 0.167. The van der Waals surface area contributed by atoms with Crippen molar-refractivity contribution in [3.8, 4) is 5.75 Å². The Morgan fingerprint density at radius 3 is 2.81 bits per heavy atom. The number of aromatic hydroxyl groups is 1. The molecule has 0 radical (unpaired) electrons. The standard InChI is InChI=1S/C18H15BrN4O4/c1-2-3-17-21-15-6-4-12(19)9-14(15)18(25)22(17)20-10-11-8-13(23(26)27)5-7-16(11)24/h4-10,24H,2-3H2,1H3. The third kappa shape index (κ3) is 3.87. The molecule has 0 unspecified atom stereocenters. The number of halogens is 1. The number of nitrogens with zero attached hydrogens (tertiary/aromatic N) is 4. The number of aryl methyl sites for hydroxylation is 1. The zero-order valence-electron chi connectivity index (χ0n) is 14.3. The Labute approximate surface area is 162 Å². The van der Waals surface area contributed by atoms with E-state index in [1.165, 1.54) is 24.4 Å². The number of non-ortho nitro benzene ring substituents is 1. The molecule has 8 nitrogen and oxygen atoms in total. The minimum absolute atomic E-state index is 0.132. The molecule has 0 aliphatic heterocycles. The van der Waals surface area contributed by atoms with Gasteiger partial charge in [-0.1, -0.05) is 22.9 Å². The lowest BCUT2D eigenvalue weighted by Gasteiger charge is -2.08. The highest BCUT2D eigenvalue weighted by atomic mass is 79.9. The minimum Gasteiger partial charge on any atom is -0.507 e. The molecular formula is C18H15BrN4O4. The summed E-state index contributed by atoms with van der Waals surface area (Å²) in [6.45, 7) is 1.96. The molecule has 138 valence electrons. The van der Waals surface area contributed by atoms with Crippen molar-refractivity contribution in [3.63, 3.8) is 0 Å². The molecule has 1 N–H and O–H groups in total. The van der Waals surface area contributed by atoms with E-state index in [9.17, 15) is 20.0 Å². The first-order valence-corrected chi connectivity index (χ1v) is 8.93. The second-order valence-corrected chi connectivity index (χ2v) is 6.72. The number of nitro benzene ring substituents is 1. The van der Waals surface area contributed by atoms with Crippen LogP contribution in [0.4, 0.5) is 5.69 Å². The van der Waals surface area contributed by atoms with Gasteiger partial charge in [-0.25, -0.2) is 4.98 Å². The summed E-state index contributed by atoms with van der Waals surface area (Å²) in [4.78, 5) is 27.7. The Morgan fingerprint density at radius 2 is 2.11 bits per heavy atom. The maximum atomic E-state index is 12.9. The van der Waals surface area contributed by atoms with Crippen molar-refractivity contribution in [1.82, 2.24) is 9.66 Å². The number of hydrogen-bond donors (Lipinski definition) is 1. The summed E-state index contributed by atoms with van der Waals surface area (Å²) in [7, 11) is 0. The molecule has 1 aromatic heterocycles. The van der Waals surface area contributed by atoms with Gasteiger partial charge in [-0.05, 0) is 30.7 Å². The molecule has 0 atom stereocenters. The molecule has 0 amide bonds. The summed E-state index contributed by atoms with van der Waals surface area (Å²) in [6, 6.07) is 8.81. The summed E-state index contributed by atoms with van der Waals surface area (Å²) in [5, 5.41) is 25.4. The number of fused-ring (bicyclic) bond motifs is 1. The summed E-state index contributed by atoms with van der Waals surface area (Å²) < 4.78 is 1.90. The molecule has 0 bridgehead atoms. The van der Waals surface area contributed by atoms with E-state index in [2.05, 4.69) is 26.0 Å². The Morgan fingerprint density at radius 1 is 1.33 bits per heavy atom. The molecule has 0 fully saturated rings. The second-order valence-electron chi connectivity index (χ2n) is 5.80. The molecule has 0 saturated carbocycles. The first-order chi connectivity index (χ1) is 12.9. The Kier molecular flexibility index (Phi) is 5.31. The lowest BCUT2D eigenvalue weighted by molar-refractivity contribution is -0.384. The van der Waals surface area contributed by atoms with Crippen LogP contribution in [0.3, 0.4) is 0 Å². The van der Waals surface area contributed by atoms with Gasteiger partial charge in [0, 0.05) is 28.6 Å². The van der Waals surface area contributed by atoms with Crippen LogP contribution < -0.4 is 5.56 Å². The fourth-order valence-corrected chi connectivity index (χ4v) is 2.94. The van der Waals surface area contributed by atoms with Gasteiger partial charge in [0.25, 0.3) is 11.2 Å². The van der Waals surface area contributed by atoms with E-state index in [1.807, 2.05) is 6.92 Å². The van der Waals surface area contributed by atoms with Crippen molar-refractivity contribution in [1.29, 1.82) is 0 Å². The smallest absolute Gasteiger partial charge is 0.282 e. The molecule has 27 heavy (non-hydrogen) atoms. The molecule has 0 aliphatic rings. The summed E-state index contributed by atoms with van der Waals surface area (Å²) in [6.07, 6.45) is 2.50. The highest BCUT2D eigenvalue weighted by Gasteiger charge is 2.12. The fourth-order valence-electron chi connectivity index (χ4n) is 2.58. The monoisotopic (exact) mass is 430 g/mol. The SMILES string of the molecule is CCCc1nc2ccc(Br)cc2c(=O)n1N=Cc1cc([N+](=O)[O-])ccc1O. The molecular weight excluding hydrogens is 416 g/mol. The topological polar surface area (TPSA) is 111 Å². The van der Waals surface area contributed by atoms with Crippen molar-refractivity contribution in [2.75, 3.05) is 0 Å². The predicted octanol–water partition coefficient (Wildman–Crippen LogP) is 3.61. The van der Waals surface area contributed by atoms with Crippen LogP contribution in [0.2, 0.25) is 0 Å². The quantitative estimate of drug-likeness (QED) is 0.377. The largest absolute Gasteiger partial charge is 0.507 e. The van der Waals surface area contributed by atoms with Crippen LogP contribution in [0.1, 0.15) is 24.7 Å².